The lowest BCUT2D eigenvalue weighted by molar-refractivity contribution is -0.128. The number of amides is 2. The molecule has 1 N–H and O–H groups in total. The molecule has 0 unspecified atom stereocenters. The van der Waals surface area contributed by atoms with Crippen LogP contribution in [-0.2, 0) is 14.3 Å². The monoisotopic (exact) mass is 455 g/mol. The van der Waals surface area contributed by atoms with E-state index in [1.165, 1.54) is 16.7 Å². The summed E-state index contributed by atoms with van der Waals surface area (Å²) in [6, 6.07) is 13.7. The van der Waals surface area contributed by atoms with Crippen LogP contribution in [0.4, 0.5) is 11.4 Å². The largest absolute Gasteiger partial charge is 0.494 e. The molecular weight excluding hydrogens is 430 g/mol. The number of rotatable bonds is 7. The molecule has 0 aliphatic carbocycles. The van der Waals surface area contributed by atoms with Gasteiger partial charge in [-0.1, -0.05) is 17.8 Å². The third kappa shape index (κ3) is 5.88. The van der Waals surface area contributed by atoms with Crippen LogP contribution in [-0.4, -0.2) is 53.4 Å². The molecule has 32 heavy (non-hydrogen) atoms. The van der Waals surface area contributed by atoms with Gasteiger partial charge in [-0.3, -0.25) is 14.5 Å². The van der Waals surface area contributed by atoms with Gasteiger partial charge >= 0.3 is 5.97 Å². The van der Waals surface area contributed by atoms with E-state index in [9.17, 15) is 14.4 Å². The Morgan fingerprint density at radius 3 is 2.59 bits per heavy atom. The summed E-state index contributed by atoms with van der Waals surface area (Å²) < 4.78 is 10.4. The molecule has 2 amide bonds. The molecule has 2 aromatic carbocycles. The number of anilines is 1. The summed E-state index contributed by atoms with van der Waals surface area (Å²) in [7, 11) is 1.63. The first kappa shape index (κ1) is 23.3. The van der Waals surface area contributed by atoms with Gasteiger partial charge in [-0.2, -0.15) is 0 Å². The second-order valence-electron chi connectivity index (χ2n) is 6.88. The van der Waals surface area contributed by atoms with Crippen molar-refractivity contribution in [3.8, 4) is 5.75 Å². The molecule has 1 fully saturated rings. The second-order valence-corrected chi connectivity index (χ2v) is 8.05. The summed E-state index contributed by atoms with van der Waals surface area (Å²) in [5, 5.41) is 2.64. The Morgan fingerprint density at radius 2 is 1.91 bits per heavy atom. The van der Waals surface area contributed by atoms with Crippen molar-refractivity contribution < 1.29 is 23.9 Å². The average molecular weight is 456 g/mol. The fourth-order valence-corrected chi connectivity index (χ4v) is 4.01. The van der Waals surface area contributed by atoms with Crippen molar-refractivity contribution in [3.63, 3.8) is 0 Å². The fourth-order valence-electron chi connectivity index (χ4n) is 2.95. The lowest BCUT2D eigenvalue weighted by atomic mass is 10.2. The Hall–Kier alpha value is -3.33. The highest BCUT2D eigenvalue weighted by molar-refractivity contribution is 8.15. The lowest BCUT2D eigenvalue weighted by Gasteiger charge is -2.28. The van der Waals surface area contributed by atoms with E-state index in [4.69, 9.17) is 9.47 Å². The number of nitrogens with zero attached hydrogens (tertiary/aromatic N) is 2. The maximum atomic E-state index is 12.8. The zero-order chi connectivity index (χ0) is 23.1. The molecule has 2 aromatic rings. The first-order valence-electron chi connectivity index (χ1n) is 10.2. The predicted molar refractivity (Wildman–Crippen MR) is 125 cm³/mol. The molecule has 0 bridgehead atoms. The zero-order valence-electron chi connectivity index (χ0n) is 18.2. The zero-order valence-corrected chi connectivity index (χ0v) is 19.0. The van der Waals surface area contributed by atoms with Gasteiger partial charge in [-0.05, 0) is 50.2 Å². The van der Waals surface area contributed by atoms with Gasteiger partial charge in [0.25, 0.3) is 0 Å². The molecule has 0 radical (unpaired) electrons. The topological polar surface area (TPSA) is 97.3 Å². The van der Waals surface area contributed by atoms with Crippen LogP contribution in [0.25, 0.3) is 0 Å². The van der Waals surface area contributed by atoms with Crippen LogP contribution < -0.4 is 10.1 Å². The van der Waals surface area contributed by atoms with Crippen molar-refractivity contribution >= 4 is 46.1 Å². The molecule has 8 nitrogen and oxygen atoms in total. The highest BCUT2D eigenvalue weighted by Crippen LogP contribution is 2.29. The molecule has 1 saturated heterocycles. The van der Waals surface area contributed by atoms with Gasteiger partial charge < -0.3 is 14.8 Å². The number of esters is 1. The van der Waals surface area contributed by atoms with Crippen LogP contribution in [0.5, 0.6) is 5.75 Å². The Kier molecular flexibility index (Phi) is 7.88. The summed E-state index contributed by atoms with van der Waals surface area (Å²) in [4.78, 5) is 43.0. The molecule has 0 spiro atoms. The predicted octanol–water partition coefficient (Wildman–Crippen LogP) is 3.85. The van der Waals surface area contributed by atoms with E-state index < -0.39 is 11.2 Å². The number of benzene rings is 2. The molecular formula is C23H25N3O5S. The Bertz CT molecular complexity index is 1020. The number of nitrogens with one attached hydrogen (secondary N) is 1. The number of carbonyl (C=O) groups excluding carboxylic acids is 3. The van der Waals surface area contributed by atoms with Crippen molar-refractivity contribution in [2.24, 2.45) is 4.99 Å². The highest BCUT2D eigenvalue weighted by Gasteiger charge is 2.34. The molecule has 1 heterocycles. The summed E-state index contributed by atoms with van der Waals surface area (Å²) in [5.41, 5.74) is 1.58. The van der Waals surface area contributed by atoms with Crippen molar-refractivity contribution in [3.05, 3.63) is 54.1 Å². The fraction of sp³-hybridized carbons (Fsp3) is 0.304. The van der Waals surface area contributed by atoms with E-state index in [0.29, 0.717) is 41.1 Å². The highest BCUT2D eigenvalue weighted by atomic mass is 32.2. The Morgan fingerprint density at radius 1 is 1.16 bits per heavy atom. The molecule has 1 aliphatic rings. The molecule has 1 aliphatic heterocycles. The minimum absolute atomic E-state index is 0.0684. The number of aliphatic imine (C=N–C) groups is 1. The number of carbonyl (C=O) groups is 3. The third-order valence-corrected chi connectivity index (χ3v) is 5.82. The summed E-state index contributed by atoms with van der Waals surface area (Å²) in [6.07, 6.45) is 0.0684. The van der Waals surface area contributed by atoms with Gasteiger partial charge in [-0.15, -0.1) is 0 Å². The van der Waals surface area contributed by atoms with Gasteiger partial charge in [-0.25, -0.2) is 9.79 Å². The van der Waals surface area contributed by atoms with Gasteiger partial charge in [0.1, 0.15) is 11.0 Å². The molecule has 168 valence electrons. The van der Waals surface area contributed by atoms with Crippen LogP contribution >= 0.6 is 11.8 Å². The number of ether oxygens (including phenoxy) is 2. The first-order chi connectivity index (χ1) is 15.4. The lowest BCUT2D eigenvalue weighted by Crippen LogP contribution is -2.43. The van der Waals surface area contributed by atoms with E-state index in [-0.39, 0.29) is 18.2 Å². The normalized spacial score (nSPS) is 17.2. The third-order valence-electron chi connectivity index (χ3n) is 4.58. The number of hydrogen-bond acceptors (Lipinski definition) is 7. The SMILES string of the molecule is CCOC(=O)c1ccc(N=C2S[C@@H](C(=O)Nc3cccc(OCC)c3)CC(=O)N2C)cc1. The van der Waals surface area contributed by atoms with Crippen LogP contribution in [0.1, 0.15) is 30.6 Å². The number of hydrogen-bond donors (Lipinski definition) is 1. The summed E-state index contributed by atoms with van der Waals surface area (Å²) >= 11 is 1.22. The van der Waals surface area contributed by atoms with Crippen LogP contribution in [0, 0.1) is 0 Å². The van der Waals surface area contributed by atoms with Gasteiger partial charge in [0.2, 0.25) is 11.8 Å². The van der Waals surface area contributed by atoms with Crippen LogP contribution in [0.3, 0.4) is 0 Å². The second kappa shape index (κ2) is 10.8. The summed E-state index contributed by atoms with van der Waals surface area (Å²) in [6.45, 7) is 4.45. The molecule has 3 rings (SSSR count). The standard InChI is InChI=1S/C23H25N3O5S/c1-4-30-18-8-6-7-17(13-18)24-21(28)19-14-20(27)26(3)23(32-19)25-16-11-9-15(10-12-16)22(29)31-5-2/h6-13,19H,4-5,14H2,1-3H3,(H,24,28)/t19-/m1/s1. The van der Waals surface area contributed by atoms with E-state index >= 15 is 0 Å². The van der Waals surface area contributed by atoms with Crippen LogP contribution in [0.2, 0.25) is 0 Å². The van der Waals surface area contributed by atoms with Gasteiger partial charge in [0.15, 0.2) is 5.17 Å². The summed E-state index contributed by atoms with van der Waals surface area (Å²) in [5.74, 6) is -0.230. The first-order valence-corrected chi connectivity index (χ1v) is 11.1. The molecule has 9 heteroatoms. The van der Waals surface area contributed by atoms with Crippen molar-refractivity contribution in [1.29, 1.82) is 0 Å². The van der Waals surface area contributed by atoms with Gasteiger partial charge in [0.05, 0.1) is 24.5 Å². The minimum atomic E-state index is -0.619. The maximum absolute atomic E-state index is 12.8. The van der Waals surface area contributed by atoms with E-state index in [1.807, 2.05) is 13.0 Å². The number of thioether (sulfide) groups is 1. The quantitative estimate of drug-likeness (QED) is 0.637. The molecule has 1 atom stereocenters. The smallest absolute Gasteiger partial charge is 0.338 e. The van der Waals surface area contributed by atoms with E-state index in [1.54, 1.807) is 56.4 Å². The molecule has 0 saturated carbocycles. The van der Waals surface area contributed by atoms with Crippen molar-refractivity contribution in [1.82, 2.24) is 4.90 Å². The minimum Gasteiger partial charge on any atom is -0.494 e. The van der Waals surface area contributed by atoms with E-state index in [0.717, 1.165) is 0 Å². The Balaban J connectivity index is 1.73. The van der Waals surface area contributed by atoms with Gasteiger partial charge in [0, 0.05) is 25.2 Å². The van der Waals surface area contributed by atoms with Crippen LogP contribution in [0.15, 0.2) is 53.5 Å². The van der Waals surface area contributed by atoms with Crippen molar-refractivity contribution in [2.45, 2.75) is 25.5 Å². The van der Waals surface area contributed by atoms with E-state index in [2.05, 4.69) is 10.3 Å². The maximum Gasteiger partial charge on any atom is 0.338 e. The Labute approximate surface area is 191 Å². The molecule has 0 aromatic heterocycles. The van der Waals surface area contributed by atoms with Crippen molar-refractivity contribution in [2.75, 3.05) is 25.6 Å². The number of amidine groups is 1. The average Bonchev–Trinajstić information content (AvgIpc) is 2.78.